The van der Waals surface area contributed by atoms with Crippen LogP contribution in [0.3, 0.4) is 0 Å². The Labute approximate surface area is 203 Å². The fourth-order valence-electron chi connectivity index (χ4n) is 4.06. The average molecular weight is 463 g/mol. The van der Waals surface area contributed by atoms with E-state index in [-0.39, 0.29) is 5.91 Å². The number of carbonyl (C=O) groups excluding carboxylic acids is 1. The Morgan fingerprint density at radius 3 is 2.29 bits per heavy atom. The maximum Gasteiger partial charge on any atom is 0.228 e. The van der Waals surface area contributed by atoms with E-state index in [4.69, 9.17) is 0 Å². The number of carbonyl (C=O) groups is 1. The molecule has 0 aliphatic heterocycles. The fourth-order valence-corrected chi connectivity index (χ4v) is 4.06. The van der Waals surface area contributed by atoms with Crippen LogP contribution >= 0.6 is 0 Å². The SMILES string of the molecule is Cc1nn(-c2ccc(Nc3ccc(NC(=O)Cc4cccc5ccccc45)cc3)nn2)c(C)c1C. The second-order valence-electron chi connectivity index (χ2n) is 8.55. The summed E-state index contributed by atoms with van der Waals surface area (Å²) in [5.41, 5.74) is 5.78. The van der Waals surface area contributed by atoms with Gasteiger partial charge in [0.1, 0.15) is 0 Å². The molecule has 5 aromatic rings. The van der Waals surface area contributed by atoms with Crippen molar-refractivity contribution in [2.45, 2.75) is 27.2 Å². The summed E-state index contributed by atoms with van der Waals surface area (Å²) in [5.74, 6) is 1.25. The zero-order valence-corrected chi connectivity index (χ0v) is 19.9. The first-order chi connectivity index (χ1) is 17.0. The Morgan fingerprint density at radius 2 is 1.57 bits per heavy atom. The Morgan fingerprint density at radius 1 is 0.829 bits per heavy atom. The maximum absolute atomic E-state index is 12.6. The minimum atomic E-state index is -0.0529. The summed E-state index contributed by atoms with van der Waals surface area (Å²) in [5, 5.41) is 21.6. The van der Waals surface area contributed by atoms with Gasteiger partial charge in [-0.15, -0.1) is 10.2 Å². The van der Waals surface area contributed by atoms with Crippen LogP contribution in [0.25, 0.3) is 16.6 Å². The molecule has 1 amide bonds. The van der Waals surface area contributed by atoms with E-state index in [2.05, 4.69) is 38.1 Å². The average Bonchev–Trinajstić information content (AvgIpc) is 3.13. The topological polar surface area (TPSA) is 84.7 Å². The van der Waals surface area contributed by atoms with Crippen molar-refractivity contribution in [2.24, 2.45) is 0 Å². The lowest BCUT2D eigenvalue weighted by Gasteiger charge is -2.10. The molecule has 0 unspecified atom stereocenters. The third-order valence-electron chi connectivity index (χ3n) is 6.19. The van der Waals surface area contributed by atoms with Gasteiger partial charge >= 0.3 is 0 Å². The zero-order valence-electron chi connectivity index (χ0n) is 19.9. The van der Waals surface area contributed by atoms with Crippen LogP contribution in [0, 0.1) is 20.8 Å². The molecule has 35 heavy (non-hydrogen) atoms. The number of nitrogens with zero attached hydrogens (tertiary/aromatic N) is 4. The molecule has 0 fully saturated rings. The second kappa shape index (κ2) is 9.38. The van der Waals surface area contributed by atoms with E-state index in [1.54, 1.807) is 4.68 Å². The molecule has 0 atom stereocenters. The molecule has 0 saturated carbocycles. The summed E-state index contributed by atoms with van der Waals surface area (Å²) >= 11 is 0. The summed E-state index contributed by atoms with van der Waals surface area (Å²) in [6.07, 6.45) is 0.318. The van der Waals surface area contributed by atoms with Crippen molar-refractivity contribution in [2.75, 3.05) is 10.6 Å². The third kappa shape index (κ3) is 4.75. The van der Waals surface area contributed by atoms with Gasteiger partial charge in [0.2, 0.25) is 5.91 Å². The number of hydrogen-bond donors (Lipinski definition) is 2. The molecule has 0 radical (unpaired) electrons. The van der Waals surface area contributed by atoms with Gasteiger partial charge in [-0.3, -0.25) is 4.79 Å². The zero-order chi connectivity index (χ0) is 24.4. The molecule has 7 nitrogen and oxygen atoms in total. The summed E-state index contributed by atoms with van der Waals surface area (Å²) in [7, 11) is 0. The van der Waals surface area contributed by atoms with Gasteiger partial charge in [-0.2, -0.15) is 5.10 Å². The minimum absolute atomic E-state index is 0.0529. The standard InChI is InChI=1S/C28H26N6O/c1-18-19(2)33-34(20(18)3)27-16-15-26(31-32-27)29-23-11-13-24(14-12-23)30-28(35)17-22-9-6-8-21-7-4-5-10-25(21)22/h4-16H,17H2,1-3H3,(H,29,31)(H,30,35). The first-order valence-electron chi connectivity index (χ1n) is 11.5. The highest BCUT2D eigenvalue weighted by Crippen LogP contribution is 2.21. The van der Waals surface area contributed by atoms with E-state index in [9.17, 15) is 4.79 Å². The molecule has 0 aliphatic rings. The predicted molar refractivity (Wildman–Crippen MR) is 139 cm³/mol. The molecular weight excluding hydrogens is 436 g/mol. The molecular formula is C28H26N6O. The summed E-state index contributed by atoms with van der Waals surface area (Å²) in [6.45, 7) is 6.05. The van der Waals surface area contributed by atoms with Gasteiger partial charge in [-0.1, -0.05) is 42.5 Å². The monoisotopic (exact) mass is 462 g/mol. The van der Waals surface area contributed by atoms with Crippen LogP contribution in [0.15, 0.2) is 78.9 Å². The summed E-state index contributed by atoms with van der Waals surface area (Å²) in [4.78, 5) is 12.6. The molecule has 2 heterocycles. The molecule has 2 aromatic heterocycles. The fraction of sp³-hybridized carbons (Fsp3) is 0.143. The first-order valence-corrected chi connectivity index (χ1v) is 11.5. The summed E-state index contributed by atoms with van der Waals surface area (Å²) < 4.78 is 1.80. The van der Waals surface area contributed by atoms with Crippen molar-refractivity contribution in [3.63, 3.8) is 0 Å². The van der Waals surface area contributed by atoms with Crippen molar-refractivity contribution >= 4 is 33.9 Å². The highest BCUT2D eigenvalue weighted by Gasteiger charge is 2.11. The van der Waals surface area contributed by atoms with Crippen LogP contribution < -0.4 is 10.6 Å². The minimum Gasteiger partial charge on any atom is -0.339 e. The predicted octanol–water partition coefficient (Wildman–Crippen LogP) is 5.67. The van der Waals surface area contributed by atoms with Gasteiger partial charge in [0, 0.05) is 17.1 Å². The highest BCUT2D eigenvalue weighted by molar-refractivity contribution is 5.96. The van der Waals surface area contributed by atoms with E-state index >= 15 is 0 Å². The van der Waals surface area contributed by atoms with Crippen LogP contribution in [-0.4, -0.2) is 25.9 Å². The van der Waals surface area contributed by atoms with E-state index in [0.717, 1.165) is 44.7 Å². The molecule has 0 aliphatic carbocycles. The highest BCUT2D eigenvalue weighted by atomic mass is 16.1. The molecule has 0 spiro atoms. The lowest BCUT2D eigenvalue weighted by atomic mass is 10.0. The van der Waals surface area contributed by atoms with Gasteiger partial charge in [0.25, 0.3) is 0 Å². The molecule has 5 rings (SSSR count). The third-order valence-corrected chi connectivity index (χ3v) is 6.19. The van der Waals surface area contributed by atoms with E-state index in [1.165, 1.54) is 0 Å². The van der Waals surface area contributed by atoms with Gasteiger partial charge in [0.05, 0.1) is 12.1 Å². The lowest BCUT2D eigenvalue weighted by Crippen LogP contribution is -2.14. The number of rotatable bonds is 6. The van der Waals surface area contributed by atoms with Crippen molar-refractivity contribution < 1.29 is 4.79 Å². The molecule has 0 saturated heterocycles. The number of hydrogen-bond acceptors (Lipinski definition) is 5. The van der Waals surface area contributed by atoms with Crippen LogP contribution in [0.4, 0.5) is 17.2 Å². The number of benzene rings is 3. The summed E-state index contributed by atoms with van der Waals surface area (Å²) in [6, 6.07) is 25.4. The Balaban J connectivity index is 1.22. The van der Waals surface area contributed by atoms with Gasteiger partial charge in [-0.25, -0.2) is 4.68 Å². The molecule has 2 N–H and O–H groups in total. The molecule has 0 bridgehead atoms. The maximum atomic E-state index is 12.6. The van der Waals surface area contributed by atoms with Crippen molar-refractivity contribution in [1.82, 2.24) is 20.0 Å². The van der Waals surface area contributed by atoms with Gasteiger partial charge < -0.3 is 10.6 Å². The number of aromatic nitrogens is 4. The smallest absolute Gasteiger partial charge is 0.228 e. The number of nitrogens with one attached hydrogen (secondary N) is 2. The molecule has 174 valence electrons. The van der Waals surface area contributed by atoms with Gasteiger partial charge in [-0.05, 0) is 79.1 Å². The number of anilines is 3. The van der Waals surface area contributed by atoms with Crippen molar-refractivity contribution in [3.8, 4) is 5.82 Å². The Hall–Kier alpha value is -4.52. The van der Waals surface area contributed by atoms with Crippen molar-refractivity contribution in [1.29, 1.82) is 0 Å². The number of aryl methyl sites for hydroxylation is 1. The Bertz CT molecular complexity index is 1500. The van der Waals surface area contributed by atoms with Crippen LogP contribution in [-0.2, 0) is 11.2 Å². The largest absolute Gasteiger partial charge is 0.339 e. The second-order valence-corrected chi connectivity index (χ2v) is 8.55. The van der Waals surface area contributed by atoms with Crippen molar-refractivity contribution in [3.05, 3.63) is 101 Å². The Kier molecular flexibility index (Phi) is 5.97. The van der Waals surface area contributed by atoms with E-state index in [0.29, 0.717) is 18.1 Å². The van der Waals surface area contributed by atoms with Crippen LogP contribution in [0.1, 0.15) is 22.5 Å². The number of fused-ring (bicyclic) bond motifs is 1. The first kappa shape index (κ1) is 22.3. The molecule has 3 aromatic carbocycles. The number of amides is 1. The lowest BCUT2D eigenvalue weighted by molar-refractivity contribution is -0.115. The van der Waals surface area contributed by atoms with E-state index in [1.807, 2.05) is 87.5 Å². The molecule has 7 heteroatoms. The van der Waals surface area contributed by atoms with Gasteiger partial charge in [0.15, 0.2) is 11.6 Å². The quantitative estimate of drug-likeness (QED) is 0.340. The van der Waals surface area contributed by atoms with Crippen LogP contribution in [0.2, 0.25) is 0 Å². The van der Waals surface area contributed by atoms with Crippen LogP contribution in [0.5, 0.6) is 0 Å². The van der Waals surface area contributed by atoms with E-state index < -0.39 is 0 Å². The normalized spacial score (nSPS) is 10.9.